The van der Waals surface area contributed by atoms with E-state index in [4.69, 9.17) is 5.11 Å². The van der Waals surface area contributed by atoms with E-state index >= 15 is 0 Å². The van der Waals surface area contributed by atoms with Crippen LogP contribution in [0.3, 0.4) is 0 Å². The molecular weight excluding hydrogens is 198 g/mol. The van der Waals surface area contributed by atoms with Gasteiger partial charge in [-0.25, -0.2) is 0 Å². The number of rotatable bonds is 6. The van der Waals surface area contributed by atoms with Crippen LogP contribution in [-0.4, -0.2) is 28.9 Å². The summed E-state index contributed by atoms with van der Waals surface area (Å²) in [6, 6.07) is 0.114. The van der Waals surface area contributed by atoms with Crippen LogP contribution in [0.2, 0.25) is 0 Å². The minimum absolute atomic E-state index is 0.0197. The largest absolute Gasteiger partial charge is 0.396 e. The number of aliphatic hydroxyl groups excluding tert-OH is 1. The third kappa shape index (κ3) is 5.50. The molecule has 2 unspecified atom stereocenters. The first-order chi connectivity index (χ1) is 6.49. The molecule has 14 heavy (non-hydrogen) atoms. The molecule has 0 spiro atoms. The zero-order valence-electron chi connectivity index (χ0n) is 9.16. The van der Waals surface area contributed by atoms with Crippen LogP contribution in [0.15, 0.2) is 0 Å². The summed E-state index contributed by atoms with van der Waals surface area (Å²) >= 11 is 4.22. The molecule has 2 atom stereocenters. The molecule has 0 aromatic heterocycles. The van der Waals surface area contributed by atoms with Gasteiger partial charge in [0.15, 0.2) is 0 Å². The van der Waals surface area contributed by atoms with Crippen molar-refractivity contribution in [3.05, 3.63) is 0 Å². The predicted octanol–water partition coefficient (Wildman–Crippen LogP) is 1.22. The normalized spacial score (nSPS) is 15.3. The van der Waals surface area contributed by atoms with Crippen molar-refractivity contribution in [1.82, 2.24) is 5.32 Å². The topological polar surface area (TPSA) is 49.3 Å². The minimum atomic E-state index is -0.244. The van der Waals surface area contributed by atoms with Crippen LogP contribution in [0.5, 0.6) is 0 Å². The van der Waals surface area contributed by atoms with Crippen LogP contribution in [0.25, 0.3) is 0 Å². The van der Waals surface area contributed by atoms with Crippen LogP contribution >= 0.6 is 12.6 Å². The second-order valence-electron chi connectivity index (χ2n) is 3.96. The lowest BCUT2D eigenvalue weighted by molar-refractivity contribution is -0.121. The van der Waals surface area contributed by atoms with Crippen molar-refractivity contribution < 1.29 is 9.90 Å². The number of aliphatic hydroxyl groups is 1. The van der Waals surface area contributed by atoms with Crippen LogP contribution in [0, 0.1) is 5.92 Å². The standard InChI is InChI=1S/C10H21NO2S/c1-7(2)9(14)10(13)11-8(3)5-4-6-12/h7-9,12,14H,4-6H2,1-3H3,(H,11,13). The van der Waals surface area contributed by atoms with Gasteiger partial charge in [-0.3, -0.25) is 4.79 Å². The molecule has 1 amide bonds. The number of carbonyl (C=O) groups excluding carboxylic acids is 1. The first-order valence-electron chi connectivity index (χ1n) is 5.08. The van der Waals surface area contributed by atoms with E-state index in [9.17, 15) is 4.79 Å². The third-order valence-corrected chi connectivity index (χ3v) is 2.91. The molecular formula is C10H21NO2S. The Kier molecular flexibility index (Phi) is 7.01. The van der Waals surface area contributed by atoms with Gasteiger partial charge in [0.05, 0.1) is 5.25 Å². The third-order valence-electron chi connectivity index (χ3n) is 2.08. The van der Waals surface area contributed by atoms with E-state index in [1.54, 1.807) is 0 Å². The van der Waals surface area contributed by atoms with Gasteiger partial charge in [-0.15, -0.1) is 0 Å². The molecule has 0 saturated heterocycles. The van der Waals surface area contributed by atoms with Gasteiger partial charge in [-0.2, -0.15) is 12.6 Å². The molecule has 0 aliphatic carbocycles. The van der Waals surface area contributed by atoms with E-state index in [-0.39, 0.29) is 29.7 Å². The SMILES string of the molecule is CC(CCCO)NC(=O)C(S)C(C)C. The maximum atomic E-state index is 11.5. The van der Waals surface area contributed by atoms with Crippen molar-refractivity contribution in [2.24, 2.45) is 5.92 Å². The van der Waals surface area contributed by atoms with Crippen LogP contribution in [0.4, 0.5) is 0 Å². The summed E-state index contributed by atoms with van der Waals surface area (Å²) in [7, 11) is 0. The fraction of sp³-hybridized carbons (Fsp3) is 0.900. The first-order valence-corrected chi connectivity index (χ1v) is 5.60. The van der Waals surface area contributed by atoms with Crippen molar-refractivity contribution in [3.8, 4) is 0 Å². The van der Waals surface area contributed by atoms with Gasteiger partial charge in [0.25, 0.3) is 0 Å². The fourth-order valence-corrected chi connectivity index (χ4v) is 1.18. The lowest BCUT2D eigenvalue weighted by Crippen LogP contribution is -2.39. The minimum Gasteiger partial charge on any atom is -0.396 e. The summed E-state index contributed by atoms with van der Waals surface area (Å²) in [4.78, 5) is 11.5. The van der Waals surface area contributed by atoms with Gasteiger partial charge in [0, 0.05) is 12.6 Å². The molecule has 0 rings (SSSR count). The Hall–Kier alpha value is -0.220. The summed E-state index contributed by atoms with van der Waals surface area (Å²) in [6.07, 6.45) is 1.53. The molecule has 0 aliphatic heterocycles. The highest BCUT2D eigenvalue weighted by Crippen LogP contribution is 2.09. The second kappa shape index (κ2) is 7.12. The van der Waals surface area contributed by atoms with Gasteiger partial charge >= 0.3 is 0 Å². The van der Waals surface area contributed by atoms with E-state index in [0.29, 0.717) is 0 Å². The number of thiol groups is 1. The smallest absolute Gasteiger partial charge is 0.233 e. The summed E-state index contributed by atoms with van der Waals surface area (Å²) in [5.41, 5.74) is 0. The molecule has 0 saturated carbocycles. The zero-order chi connectivity index (χ0) is 11.1. The molecule has 0 aromatic rings. The number of carbonyl (C=O) groups is 1. The summed E-state index contributed by atoms with van der Waals surface area (Å²) in [5, 5.41) is 11.2. The lowest BCUT2D eigenvalue weighted by atomic mass is 10.1. The maximum absolute atomic E-state index is 11.5. The fourth-order valence-electron chi connectivity index (χ4n) is 1.10. The van der Waals surface area contributed by atoms with Gasteiger partial charge in [-0.05, 0) is 25.7 Å². The summed E-state index contributed by atoms with van der Waals surface area (Å²) in [5.74, 6) is 0.220. The van der Waals surface area contributed by atoms with Gasteiger partial charge in [0.2, 0.25) is 5.91 Å². The molecule has 0 radical (unpaired) electrons. The lowest BCUT2D eigenvalue weighted by Gasteiger charge is -2.18. The average Bonchev–Trinajstić information content (AvgIpc) is 2.13. The molecule has 84 valence electrons. The van der Waals surface area contributed by atoms with E-state index < -0.39 is 0 Å². The number of hydrogen-bond acceptors (Lipinski definition) is 3. The Labute approximate surface area is 91.7 Å². The van der Waals surface area contributed by atoms with Gasteiger partial charge < -0.3 is 10.4 Å². The number of amides is 1. The van der Waals surface area contributed by atoms with Crippen molar-refractivity contribution in [3.63, 3.8) is 0 Å². The number of nitrogens with one attached hydrogen (secondary N) is 1. The molecule has 0 heterocycles. The van der Waals surface area contributed by atoms with Gasteiger partial charge in [0.1, 0.15) is 0 Å². The van der Waals surface area contributed by atoms with Crippen molar-refractivity contribution in [1.29, 1.82) is 0 Å². The summed E-state index contributed by atoms with van der Waals surface area (Å²) < 4.78 is 0. The van der Waals surface area contributed by atoms with Crippen molar-refractivity contribution in [2.75, 3.05) is 6.61 Å². The van der Waals surface area contributed by atoms with Crippen LogP contribution in [-0.2, 0) is 4.79 Å². The van der Waals surface area contributed by atoms with E-state index in [1.807, 2.05) is 20.8 Å². The molecule has 0 fully saturated rings. The maximum Gasteiger partial charge on any atom is 0.233 e. The quantitative estimate of drug-likeness (QED) is 0.588. The highest BCUT2D eigenvalue weighted by molar-refractivity contribution is 7.81. The Morgan fingerprint density at radius 2 is 2.00 bits per heavy atom. The van der Waals surface area contributed by atoms with E-state index in [2.05, 4.69) is 17.9 Å². The first kappa shape index (κ1) is 13.8. The molecule has 0 aliphatic rings. The van der Waals surface area contributed by atoms with E-state index in [1.165, 1.54) is 0 Å². The molecule has 0 bridgehead atoms. The average molecular weight is 219 g/mol. The molecule has 3 nitrogen and oxygen atoms in total. The van der Waals surface area contributed by atoms with Crippen molar-refractivity contribution in [2.45, 2.75) is 44.9 Å². The molecule has 2 N–H and O–H groups in total. The Morgan fingerprint density at radius 3 is 2.43 bits per heavy atom. The highest BCUT2D eigenvalue weighted by Gasteiger charge is 2.18. The predicted molar refractivity (Wildman–Crippen MR) is 61.5 cm³/mol. The zero-order valence-corrected chi connectivity index (χ0v) is 10.1. The van der Waals surface area contributed by atoms with Crippen molar-refractivity contribution >= 4 is 18.5 Å². The second-order valence-corrected chi connectivity index (χ2v) is 4.52. The molecule has 0 aromatic carbocycles. The van der Waals surface area contributed by atoms with E-state index in [0.717, 1.165) is 12.8 Å². The number of hydrogen-bond donors (Lipinski definition) is 3. The van der Waals surface area contributed by atoms with Gasteiger partial charge in [-0.1, -0.05) is 13.8 Å². The Balaban J connectivity index is 3.81. The highest BCUT2D eigenvalue weighted by atomic mass is 32.1. The molecule has 4 heteroatoms. The Bertz CT molecular complexity index is 174. The van der Waals surface area contributed by atoms with Crippen LogP contribution in [0.1, 0.15) is 33.6 Å². The summed E-state index contributed by atoms with van der Waals surface area (Å²) in [6.45, 7) is 6.05. The Morgan fingerprint density at radius 1 is 1.43 bits per heavy atom. The van der Waals surface area contributed by atoms with Crippen LogP contribution < -0.4 is 5.32 Å². The monoisotopic (exact) mass is 219 g/mol.